The molecule has 0 aliphatic heterocycles. The van der Waals surface area contributed by atoms with Gasteiger partial charge in [-0.05, 0) is 56.2 Å². The fourth-order valence-electron chi connectivity index (χ4n) is 3.15. The number of pyridine rings is 1. The van der Waals surface area contributed by atoms with Crippen LogP contribution < -0.4 is 10.6 Å². The highest BCUT2D eigenvalue weighted by Crippen LogP contribution is 2.18. The van der Waals surface area contributed by atoms with Crippen molar-refractivity contribution in [3.63, 3.8) is 0 Å². The van der Waals surface area contributed by atoms with Crippen molar-refractivity contribution in [3.05, 3.63) is 65.6 Å². The first-order chi connectivity index (χ1) is 14.0. The molecule has 0 unspecified atom stereocenters. The van der Waals surface area contributed by atoms with E-state index >= 15 is 0 Å². The molecular formula is C21H21N7O. The van der Waals surface area contributed by atoms with Crippen molar-refractivity contribution in [1.82, 2.24) is 24.6 Å². The first-order valence-electron chi connectivity index (χ1n) is 9.25. The molecule has 146 valence electrons. The molecule has 29 heavy (non-hydrogen) atoms. The summed E-state index contributed by atoms with van der Waals surface area (Å²) in [6.07, 6.45) is 3.40. The number of aromatic nitrogens is 5. The fourth-order valence-corrected chi connectivity index (χ4v) is 3.15. The van der Waals surface area contributed by atoms with Gasteiger partial charge in [-0.15, -0.1) is 5.10 Å². The smallest absolute Gasteiger partial charge is 0.254 e. The molecule has 4 rings (SSSR count). The molecular weight excluding hydrogens is 366 g/mol. The van der Waals surface area contributed by atoms with E-state index in [1.54, 1.807) is 16.9 Å². The van der Waals surface area contributed by atoms with Crippen molar-refractivity contribution in [3.8, 4) is 11.4 Å². The highest BCUT2D eigenvalue weighted by molar-refractivity contribution is 5.93. The average molecular weight is 387 g/mol. The van der Waals surface area contributed by atoms with Crippen LogP contribution in [0.3, 0.4) is 0 Å². The number of hydrogen-bond acceptors (Lipinski definition) is 6. The molecule has 0 saturated heterocycles. The standard InChI is InChI=1S/C21H21N7O/c1-13-7-14(2)9-17(8-13)25-19(29)12-23-18-10-15(3)24-21-26-20(27-28(18)21)16-5-4-6-22-11-16/h4-11,23H,12H2,1-3H3,(H,25,29). The number of nitrogens with zero attached hydrogens (tertiary/aromatic N) is 5. The maximum atomic E-state index is 12.4. The van der Waals surface area contributed by atoms with Crippen LogP contribution in [0.4, 0.5) is 11.5 Å². The van der Waals surface area contributed by atoms with Gasteiger partial charge in [0.1, 0.15) is 5.82 Å². The number of carbonyl (C=O) groups excluding carboxylic acids is 1. The Morgan fingerprint density at radius 3 is 2.59 bits per heavy atom. The number of hydrogen-bond donors (Lipinski definition) is 2. The molecule has 3 aromatic heterocycles. The van der Waals surface area contributed by atoms with E-state index in [0.29, 0.717) is 17.4 Å². The van der Waals surface area contributed by atoms with Crippen LogP contribution in [0, 0.1) is 20.8 Å². The zero-order valence-corrected chi connectivity index (χ0v) is 16.5. The Kier molecular flexibility index (Phi) is 4.90. The topological polar surface area (TPSA) is 97.1 Å². The summed E-state index contributed by atoms with van der Waals surface area (Å²) in [6, 6.07) is 11.5. The maximum absolute atomic E-state index is 12.4. The van der Waals surface area contributed by atoms with E-state index in [9.17, 15) is 4.79 Å². The lowest BCUT2D eigenvalue weighted by Crippen LogP contribution is -2.23. The largest absolute Gasteiger partial charge is 0.361 e. The number of benzene rings is 1. The van der Waals surface area contributed by atoms with Crippen LogP contribution in [0.2, 0.25) is 0 Å². The number of fused-ring (bicyclic) bond motifs is 1. The molecule has 8 heteroatoms. The van der Waals surface area contributed by atoms with Gasteiger partial charge in [-0.1, -0.05) is 6.07 Å². The lowest BCUT2D eigenvalue weighted by molar-refractivity contribution is -0.114. The number of rotatable bonds is 5. The third kappa shape index (κ3) is 4.21. The molecule has 3 heterocycles. The number of amides is 1. The second-order valence-electron chi connectivity index (χ2n) is 6.95. The summed E-state index contributed by atoms with van der Waals surface area (Å²) in [4.78, 5) is 25.4. The molecule has 0 spiro atoms. The Balaban J connectivity index is 1.54. The van der Waals surface area contributed by atoms with Gasteiger partial charge in [0.25, 0.3) is 5.78 Å². The van der Waals surface area contributed by atoms with E-state index in [0.717, 1.165) is 28.1 Å². The second kappa shape index (κ2) is 7.67. The molecule has 0 aliphatic carbocycles. The number of nitrogens with one attached hydrogen (secondary N) is 2. The van der Waals surface area contributed by atoms with E-state index < -0.39 is 0 Å². The van der Waals surface area contributed by atoms with Gasteiger partial charge in [0.15, 0.2) is 5.82 Å². The van der Waals surface area contributed by atoms with Crippen LogP contribution in [0.5, 0.6) is 0 Å². The van der Waals surface area contributed by atoms with E-state index in [2.05, 4.69) is 36.8 Å². The van der Waals surface area contributed by atoms with Crippen molar-refractivity contribution < 1.29 is 4.79 Å². The third-order valence-electron chi connectivity index (χ3n) is 4.30. The number of anilines is 2. The van der Waals surface area contributed by atoms with Crippen molar-refractivity contribution in [2.75, 3.05) is 17.2 Å². The van der Waals surface area contributed by atoms with Gasteiger partial charge in [-0.3, -0.25) is 9.78 Å². The molecule has 4 aromatic rings. The monoisotopic (exact) mass is 387 g/mol. The molecule has 2 N–H and O–H groups in total. The summed E-state index contributed by atoms with van der Waals surface area (Å²) in [5.74, 6) is 1.48. The van der Waals surface area contributed by atoms with Gasteiger partial charge < -0.3 is 10.6 Å². The Morgan fingerprint density at radius 2 is 1.86 bits per heavy atom. The summed E-state index contributed by atoms with van der Waals surface area (Å²) in [5.41, 5.74) is 4.56. The predicted molar refractivity (Wildman–Crippen MR) is 112 cm³/mol. The van der Waals surface area contributed by atoms with Gasteiger partial charge in [0.05, 0.1) is 6.54 Å². The SMILES string of the molecule is Cc1cc(C)cc(NC(=O)CNc2cc(C)nc3nc(-c4cccnc4)nn23)c1. The molecule has 0 saturated carbocycles. The van der Waals surface area contributed by atoms with Crippen LogP contribution >= 0.6 is 0 Å². The quantitative estimate of drug-likeness (QED) is 0.546. The summed E-state index contributed by atoms with van der Waals surface area (Å²) in [5, 5.41) is 10.6. The first-order valence-corrected chi connectivity index (χ1v) is 9.25. The molecule has 8 nitrogen and oxygen atoms in total. The summed E-state index contributed by atoms with van der Waals surface area (Å²) < 4.78 is 1.60. The normalized spacial score (nSPS) is 10.9. The molecule has 0 fully saturated rings. The summed E-state index contributed by atoms with van der Waals surface area (Å²) in [6.45, 7) is 5.97. The molecule has 0 bridgehead atoms. The fraction of sp³-hybridized carbons (Fsp3) is 0.190. The minimum atomic E-state index is -0.148. The highest BCUT2D eigenvalue weighted by Gasteiger charge is 2.12. The minimum Gasteiger partial charge on any atom is -0.361 e. The molecule has 0 aliphatic rings. The summed E-state index contributed by atoms with van der Waals surface area (Å²) >= 11 is 0. The Morgan fingerprint density at radius 1 is 1.07 bits per heavy atom. The van der Waals surface area contributed by atoms with Crippen molar-refractivity contribution in [2.45, 2.75) is 20.8 Å². The van der Waals surface area contributed by atoms with Gasteiger partial charge in [0, 0.05) is 35.4 Å². The van der Waals surface area contributed by atoms with Crippen LogP contribution in [-0.4, -0.2) is 37.0 Å². The zero-order chi connectivity index (χ0) is 20.4. The maximum Gasteiger partial charge on any atom is 0.254 e. The van der Waals surface area contributed by atoms with Gasteiger partial charge in [0.2, 0.25) is 5.91 Å². The highest BCUT2D eigenvalue weighted by atomic mass is 16.1. The number of carbonyl (C=O) groups is 1. The molecule has 1 amide bonds. The molecule has 0 radical (unpaired) electrons. The van der Waals surface area contributed by atoms with Crippen molar-refractivity contribution in [1.29, 1.82) is 0 Å². The van der Waals surface area contributed by atoms with E-state index in [4.69, 9.17) is 0 Å². The third-order valence-corrected chi connectivity index (χ3v) is 4.30. The Hall–Kier alpha value is -3.81. The Labute approximate surface area is 168 Å². The average Bonchev–Trinajstić information content (AvgIpc) is 3.10. The molecule has 0 atom stereocenters. The predicted octanol–water partition coefficient (Wildman–Crippen LogP) is 3.16. The minimum absolute atomic E-state index is 0.0909. The second-order valence-corrected chi connectivity index (χ2v) is 6.95. The lowest BCUT2D eigenvalue weighted by Gasteiger charge is -2.10. The lowest BCUT2D eigenvalue weighted by atomic mass is 10.1. The van der Waals surface area contributed by atoms with Crippen LogP contribution in [0.25, 0.3) is 17.2 Å². The van der Waals surface area contributed by atoms with E-state index in [1.807, 2.05) is 51.1 Å². The first kappa shape index (κ1) is 18.5. The zero-order valence-electron chi connectivity index (χ0n) is 16.5. The van der Waals surface area contributed by atoms with Crippen LogP contribution in [0.15, 0.2) is 48.8 Å². The van der Waals surface area contributed by atoms with Gasteiger partial charge in [-0.2, -0.15) is 9.50 Å². The van der Waals surface area contributed by atoms with Gasteiger partial charge in [-0.25, -0.2) is 4.98 Å². The van der Waals surface area contributed by atoms with E-state index in [-0.39, 0.29) is 12.5 Å². The molecule has 1 aromatic carbocycles. The number of aryl methyl sites for hydroxylation is 3. The van der Waals surface area contributed by atoms with Crippen molar-refractivity contribution in [2.24, 2.45) is 0 Å². The van der Waals surface area contributed by atoms with Crippen LogP contribution in [-0.2, 0) is 4.79 Å². The van der Waals surface area contributed by atoms with E-state index in [1.165, 1.54) is 0 Å². The van der Waals surface area contributed by atoms with Crippen LogP contribution in [0.1, 0.15) is 16.8 Å². The Bertz CT molecular complexity index is 1160. The summed E-state index contributed by atoms with van der Waals surface area (Å²) in [7, 11) is 0. The van der Waals surface area contributed by atoms with Crippen molar-refractivity contribution >= 4 is 23.2 Å². The van der Waals surface area contributed by atoms with Gasteiger partial charge >= 0.3 is 0 Å².